The van der Waals surface area contributed by atoms with E-state index in [1.54, 1.807) is 0 Å². The summed E-state index contributed by atoms with van der Waals surface area (Å²) in [6.45, 7) is 0. The van der Waals surface area contributed by atoms with Crippen LogP contribution in [0.2, 0.25) is 0 Å². The zero-order valence-corrected chi connectivity index (χ0v) is 16.2. The Morgan fingerprint density at radius 3 is 1.21 bits per heavy atom. The molecule has 4 rings (SSSR count). The second kappa shape index (κ2) is 7.64. The molecule has 3 aromatic carbocycles. The quantitative estimate of drug-likeness (QED) is 0.571. The van der Waals surface area contributed by atoms with Gasteiger partial charge in [0.2, 0.25) is 0 Å². The van der Waals surface area contributed by atoms with Crippen molar-refractivity contribution in [3.8, 4) is 0 Å². The Kier molecular flexibility index (Phi) is 5.54. The first kappa shape index (κ1) is 17.4. The molecule has 0 saturated heterocycles. The van der Waals surface area contributed by atoms with Crippen molar-refractivity contribution in [3.05, 3.63) is 91.0 Å². The predicted molar refractivity (Wildman–Crippen MR) is 103 cm³/mol. The maximum Gasteiger partial charge on any atom is 0.112 e. The van der Waals surface area contributed by atoms with Crippen molar-refractivity contribution < 1.29 is 17.0 Å². The lowest BCUT2D eigenvalue weighted by atomic mass is 10.3. The first-order valence-corrected chi connectivity index (χ1v) is 10.4. The minimum Gasteiger partial charge on any atom is -1.00 e. The molecule has 1 saturated carbocycles. The van der Waals surface area contributed by atoms with E-state index in [9.17, 15) is 0 Å². The molecule has 24 heavy (non-hydrogen) atoms. The molecule has 0 nitrogen and oxygen atoms in total. The molecule has 0 bridgehead atoms. The number of rotatable bonds is 5. The van der Waals surface area contributed by atoms with Crippen molar-refractivity contribution in [2.45, 2.75) is 12.8 Å². The molecule has 0 unspecified atom stereocenters. The van der Waals surface area contributed by atoms with Crippen molar-refractivity contribution in [1.29, 1.82) is 0 Å². The van der Waals surface area contributed by atoms with Crippen molar-refractivity contribution >= 4 is 23.2 Å². The maximum atomic E-state index is 2.34. The van der Waals surface area contributed by atoms with Crippen molar-refractivity contribution in [2.24, 2.45) is 5.92 Å². The van der Waals surface area contributed by atoms with E-state index < -0.39 is 7.26 Å². The van der Waals surface area contributed by atoms with Crippen LogP contribution in [0, 0.1) is 5.92 Å². The van der Waals surface area contributed by atoms with Gasteiger partial charge in [0.1, 0.15) is 23.2 Å². The number of halogens is 1. The first-order chi connectivity index (χ1) is 11.4. The summed E-state index contributed by atoms with van der Waals surface area (Å²) in [7, 11) is -1.55. The number of hydrogen-bond donors (Lipinski definition) is 0. The lowest BCUT2D eigenvalue weighted by Gasteiger charge is -2.27. The van der Waals surface area contributed by atoms with Gasteiger partial charge in [-0.3, -0.25) is 0 Å². The van der Waals surface area contributed by atoms with E-state index in [0.29, 0.717) is 0 Å². The van der Waals surface area contributed by atoms with Gasteiger partial charge in [-0.25, -0.2) is 0 Å². The van der Waals surface area contributed by atoms with E-state index in [2.05, 4.69) is 91.0 Å². The Morgan fingerprint density at radius 1 is 0.583 bits per heavy atom. The van der Waals surface area contributed by atoms with Crippen LogP contribution in [0.15, 0.2) is 91.0 Å². The summed E-state index contributed by atoms with van der Waals surface area (Å²) in [6.07, 6.45) is 4.10. The molecule has 1 fully saturated rings. The van der Waals surface area contributed by atoms with E-state index in [0.717, 1.165) is 5.92 Å². The van der Waals surface area contributed by atoms with Crippen LogP contribution in [0.4, 0.5) is 0 Å². The second-order valence-corrected chi connectivity index (χ2v) is 9.98. The molecule has 0 aromatic heterocycles. The van der Waals surface area contributed by atoms with Crippen LogP contribution in [0.25, 0.3) is 0 Å². The maximum absolute atomic E-state index is 2.34. The Balaban J connectivity index is 0.00000169. The van der Waals surface area contributed by atoms with Gasteiger partial charge in [0, 0.05) is 0 Å². The second-order valence-electron chi connectivity index (χ2n) is 6.44. The van der Waals surface area contributed by atoms with E-state index in [1.807, 2.05) is 0 Å². The Bertz CT molecular complexity index is 655. The van der Waals surface area contributed by atoms with E-state index in [-0.39, 0.29) is 17.0 Å². The van der Waals surface area contributed by atoms with Gasteiger partial charge in [-0.05, 0) is 55.2 Å². The van der Waals surface area contributed by atoms with Crippen LogP contribution in [0.3, 0.4) is 0 Å². The van der Waals surface area contributed by atoms with Crippen LogP contribution < -0.4 is 32.9 Å². The largest absolute Gasteiger partial charge is 1.00 e. The molecule has 1 aliphatic rings. The smallest absolute Gasteiger partial charge is 0.112 e. The third-order valence-electron chi connectivity index (χ3n) is 4.82. The van der Waals surface area contributed by atoms with Crippen LogP contribution in [-0.4, -0.2) is 6.16 Å². The third-order valence-corrected chi connectivity index (χ3v) is 9.42. The highest BCUT2D eigenvalue weighted by atomic mass is 79.9. The fourth-order valence-corrected chi connectivity index (χ4v) is 8.21. The van der Waals surface area contributed by atoms with Gasteiger partial charge in [0.05, 0.1) is 6.16 Å². The molecule has 2 heteroatoms. The Labute approximate surface area is 156 Å². The predicted octanol–water partition coefficient (Wildman–Crippen LogP) is 1.39. The molecule has 0 amide bonds. The molecule has 0 heterocycles. The fraction of sp³-hybridized carbons (Fsp3) is 0.182. The molecule has 0 aliphatic heterocycles. The summed E-state index contributed by atoms with van der Waals surface area (Å²) < 4.78 is 0. The zero-order chi connectivity index (χ0) is 15.5. The van der Waals surface area contributed by atoms with E-state index in [4.69, 9.17) is 0 Å². The van der Waals surface area contributed by atoms with Crippen LogP contribution in [-0.2, 0) is 0 Å². The zero-order valence-electron chi connectivity index (χ0n) is 13.7. The number of benzene rings is 3. The van der Waals surface area contributed by atoms with Crippen molar-refractivity contribution in [3.63, 3.8) is 0 Å². The average molecular weight is 397 g/mol. The summed E-state index contributed by atoms with van der Waals surface area (Å²) in [5.74, 6) is 0.893. The van der Waals surface area contributed by atoms with Crippen LogP contribution in [0.1, 0.15) is 12.8 Å². The van der Waals surface area contributed by atoms with Gasteiger partial charge in [0.25, 0.3) is 0 Å². The fourth-order valence-electron chi connectivity index (χ4n) is 3.50. The first-order valence-electron chi connectivity index (χ1n) is 8.44. The van der Waals surface area contributed by atoms with E-state index in [1.165, 1.54) is 34.9 Å². The Morgan fingerprint density at radius 2 is 0.917 bits per heavy atom. The molecule has 0 N–H and O–H groups in total. The molecule has 1 aliphatic carbocycles. The third kappa shape index (κ3) is 3.34. The minimum atomic E-state index is -1.55. The summed E-state index contributed by atoms with van der Waals surface area (Å²) in [4.78, 5) is 0. The highest BCUT2D eigenvalue weighted by Crippen LogP contribution is 2.59. The molecule has 122 valence electrons. The van der Waals surface area contributed by atoms with Gasteiger partial charge < -0.3 is 17.0 Å². The standard InChI is InChI=1S/C22H22P.BrH/c1-4-10-20(11-5-1)23(18-19-16-17-19,21-12-6-2-7-13-21)22-14-8-3-9-15-22;/h1-15,19H,16-18H2;1H/q+1;/p-1. The molecule has 0 spiro atoms. The van der Waals surface area contributed by atoms with Crippen LogP contribution >= 0.6 is 7.26 Å². The highest BCUT2D eigenvalue weighted by molar-refractivity contribution is 7.95. The van der Waals surface area contributed by atoms with Gasteiger partial charge in [0.15, 0.2) is 0 Å². The van der Waals surface area contributed by atoms with Gasteiger partial charge >= 0.3 is 0 Å². The summed E-state index contributed by atoms with van der Waals surface area (Å²) >= 11 is 0. The van der Waals surface area contributed by atoms with Gasteiger partial charge in [-0.2, -0.15) is 0 Å². The SMILES string of the molecule is [Br-].c1ccc([P+](CC2CC2)(c2ccccc2)c2ccccc2)cc1. The normalized spacial score (nSPS) is 14.0. The molecule has 0 radical (unpaired) electrons. The van der Waals surface area contributed by atoms with E-state index >= 15 is 0 Å². The van der Waals surface area contributed by atoms with Gasteiger partial charge in [-0.15, -0.1) is 0 Å². The molecular formula is C22H22BrP. The van der Waals surface area contributed by atoms with Crippen LogP contribution in [0.5, 0.6) is 0 Å². The minimum absolute atomic E-state index is 0. The Hall–Kier alpha value is -1.43. The number of hydrogen-bond acceptors (Lipinski definition) is 0. The van der Waals surface area contributed by atoms with Crippen molar-refractivity contribution in [2.75, 3.05) is 6.16 Å². The molecular weight excluding hydrogens is 375 g/mol. The van der Waals surface area contributed by atoms with Gasteiger partial charge in [-0.1, -0.05) is 54.6 Å². The monoisotopic (exact) mass is 396 g/mol. The summed E-state index contributed by atoms with van der Waals surface area (Å²) in [6, 6.07) is 33.6. The molecule has 3 aromatic rings. The average Bonchev–Trinajstić information content (AvgIpc) is 3.46. The topological polar surface area (TPSA) is 0 Å². The highest BCUT2D eigenvalue weighted by Gasteiger charge is 2.48. The lowest BCUT2D eigenvalue weighted by Crippen LogP contribution is -3.00. The molecule has 0 atom stereocenters. The lowest BCUT2D eigenvalue weighted by molar-refractivity contribution is -0.00000447. The van der Waals surface area contributed by atoms with Crippen molar-refractivity contribution in [1.82, 2.24) is 0 Å². The summed E-state index contributed by atoms with van der Waals surface area (Å²) in [5.41, 5.74) is 0. The summed E-state index contributed by atoms with van der Waals surface area (Å²) in [5, 5.41) is 4.55.